The van der Waals surface area contributed by atoms with E-state index < -0.39 is 6.61 Å². The number of hydrogen-bond acceptors (Lipinski definition) is 3. The summed E-state index contributed by atoms with van der Waals surface area (Å²) in [5.74, 6) is -0.353. The Hall–Kier alpha value is -1.48. The molecule has 0 aliphatic carbocycles. The van der Waals surface area contributed by atoms with Gasteiger partial charge in [0, 0.05) is 11.1 Å². The number of hydrogen-bond donors (Lipinski definition) is 1. The second-order valence-electron chi connectivity index (χ2n) is 3.17. The lowest BCUT2D eigenvalue weighted by Crippen LogP contribution is -2.07. The molecular weight excluding hydrogens is 180 g/mol. The average Bonchev–Trinajstić information content (AvgIpc) is 2.16. The summed E-state index contributed by atoms with van der Waals surface area (Å²) in [5.41, 5.74) is 1.77. The number of ketones is 2. The number of aliphatic hydroxyl groups excluding tert-OH is 1. The summed E-state index contributed by atoms with van der Waals surface area (Å²) in [6.45, 7) is 2.72. The van der Waals surface area contributed by atoms with Crippen LogP contribution in [0.15, 0.2) is 18.2 Å². The number of carbonyl (C=O) groups is 2. The van der Waals surface area contributed by atoms with E-state index in [1.165, 1.54) is 6.92 Å². The van der Waals surface area contributed by atoms with E-state index in [0.29, 0.717) is 11.1 Å². The number of aryl methyl sites for hydroxylation is 1. The van der Waals surface area contributed by atoms with Gasteiger partial charge in [-0.15, -0.1) is 0 Å². The van der Waals surface area contributed by atoms with Gasteiger partial charge in [0.05, 0.1) is 0 Å². The zero-order valence-electron chi connectivity index (χ0n) is 8.20. The molecule has 0 aliphatic heterocycles. The number of rotatable bonds is 3. The van der Waals surface area contributed by atoms with E-state index in [9.17, 15) is 9.59 Å². The quantitative estimate of drug-likeness (QED) is 0.736. The summed E-state index contributed by atoms with van der Waals surface area (Å²) in [5, 5.41) is 8.67. The first-order valence-electron chi connectivity index (χ1n) is 4.32. The molecule has 0 amide bonds. The smallest absolute Gasteiger partial charge is 0.188 e. The van der Waals surface area contributed by atoms with Crippen LogP contribution in [0.1, 0.15) is 33.2 Å². The van der Waals surface area contributed by atoms with Gasteiger partial charge in [-0.3, -0.25) is 9.59 Å². The monoisotopic (exact) mass is 192 g/mol. The second-order valence-corrected chi connectivity index (χ2v) is 3.17. The largest absolute Gasteiger partial charge is 0.388 e. The van der Waals surface area contributed by atoms with Crippen LogP contribution in [0.3, 0.4) is 0 Å². The molecule has 0 heterocycles. The molecule has 3 nitrogen and oxygen atoms in total. The minimum Gasteiger partial charge on any atom is -0.388 e. The van der Waals surface area contributed by atoms with Crippen molar-refractivity contribution in [2.75, 3.05) is 6.61 Å². The van der Waals surface area contributed by atoms with Crippen molar-refractivity contribution < 1.29 is 14.7 Å². The molecule has 0 saturated heterocycles. The van der Waals surface area contributed by atoms with Crippen LogP contribution in [0.5, 0.6) is 0 Å². The second kappa shape index (κ2) is 4.15. The number of benzene rings is 1. The van der Waals surface area contributed by atoms with E-state index in [-0.39, 0.29) is 11.6 Å². The Morgan fingerprint density at radius 2 is 2.00 bits per heavy atom. The summed E-state index contributed by atoms with van der Waals surface area (Å²) in [4.78, 5) is 22.2. The number of Topliss-reactive ketones (excluding diaryl/α,β-unsaturated/α-hetero) is 2. The summed E-state index contributed by atoms with van der Waals surface area (Å²) in [6, 6.07) is 4.83. The molecule has 0 aromatic heterocycles. The van der Waals surface area contributed by atoms with Crippen LogP contribution in [-0.4, -0.2) is 23.3 Å². The standard InChI is InChI=1S/C11H12O3/c1-7-5-9(8(2)13)3-4-10(7)11(14)6-12/h3-5,12H,6H2,1-2H3. The highest BCUT2D eigenvalue weighted by molar-refractivity contribution is 6.00. The molecule has 0 saturated carbocycles. The average molecular weight is 192 g/mol. The van der Waals surface area contributed by atoms with Gasteiger partial charge in [0.1, 0.15) is 6.61 Å². The predicted molar refractivity (Wildman–Crippen MR) is 52.6 cm³/mol. The molecule has 14 heavy (non-hydrogen) atoms. The SMILES string of the molecule is CC(=O)c1ccc(C(=O)CO)c(C)c1. The van der Waals surface area contributed by atoms with E-state index in [0.717, 1.165) is 5.56 Å². The van der Waals surface area contributed by atoms with Crippen LogP contribution in [0.4, 0.5) is 0 Å². The van der Waals surface area contributed by atoms with Crippen molar-refractivity contribution in [1.82, 2.24) is 0 Å². The Balaban J connectivity index is 3.14. The molecule has 0 aliphatic rings. The van der Waals surface area contributed by atoms with Crippen molar-refractivity contribution in [1.29, 1.82) is 0 Å². The summed E-state index contributed by atoms with van der Waals surface area (Å²) in [7, 11) is 0. The highest BCUT2D eigenvalue weighted by atomic mass is 16.3. The van der Waals surface area contributed by atoms with Gasteiger partial charge < -0.3 is 5.11 Å². The minimum atomic E-state index is -0.500. The molecule has 1 aromatic carbocycles. The Bertz CT molecular complexity index is 380. The van der Waals surface area contributed by atoms with Gasteiger partial charge >= 0.3 is 0 Å². The number of carbonyl (C=O) groups excluding carboxylic acids is 2. The fourth-order valence-corrected chi connectivity index (χ4v) is 1.28. The highest BCUT2D eigenvalue weighted by Gasteiger charge is 2.09. The topological polar surface area (TPSA) is 54.4 Å². The summed E-state index contributed by atoms with van der Waals surface area (Å²) >= 11 is 0. The minimum absolute atomic E-state index is 0.0314. The first kappa shape index (κ1) is 10.6. The Morgan fingerprint density at radius 1 is 1.36 bits per heavy atom. The third-order valence-corrected chi connectivity index (χ3v) is 2.08. The lowest BCUT2D eigenvalue weighted by Gasteiger charge is -2.04. The van der Waals surface area contributed by atoms with Crippen LogP contribution in [0.25, 0.3) is 0 Å². The van der Waals surface area contributed by atoms with Gasteiger partial charge in [-0.25, -0.2) is 0 Å². The third-order valence-electron chi connectivity index (χ3n) is 2.08. The van der Waals surface area contributed by atoms with Gasteiger partial charge in [-0.05, 0) is 25.5 Å². The molecule has 1 N–H and O–H groups in total. The van der Waals surface area contributed by atoms with Gasteiger partial charge in [0.25, 0.3) is 0 Å². The van der Waals surface area contributed by atoms with E-state index in [1.807, 2.05) is 0 Å². The Morgan fingerprint density at radius 3 is 2.43 bits per heavy atom. The van der Waals surface area contributed by atoms with E-state index in [4.69, 9.17) is 5.11 Å². The van der Waals surface area contributed by atoms with Gasteiger partial charge in [-0.1, -0.05) is 12.1 Å². The molecule has 3 heteroatoms. The van der Waals surface area contributed by atoms with E-state index in [1.54, 1.807) is 25.1 Å². The summed E-state index contributed by atoms with van der Waals surface area (Å²) in [6.07, 6.45) is 0. The van der Waals surface area contributed by atoms with Crippen LogP contribution < -0.4 is 0 Å². The lowest BCUT2D eigenvalue weighted by atomic mass is 10.0. The molecular formula is C11H12O3. The molecule has 0 radical (unpaired) electrons. The zero-order chi connectivity index (χ0) is 10.7. The zero-order valence-corrected chi connectivity index (χ0v) is 8.20. The normalized spacial score (nSPS) is 9.93. The highest BCUT2D eigenvalue weighted by Crippen LogP contribution is 2.12. The number of aliphatic hydroxyl groups is 1. The third kappa shape index (κ3) is 2.06. The first-order chi connectivity index (χ1) is 6.56. The van der Waals surface area contributed by atoms with Crippen molar-refractivity contribution >= 4 is 11.6 Å². The van der Waals surface area contributed by atoms with Crippen LogP contribution in [0, 0.1) is 6.92 Å². The fraction of sp³-hybridized carbons (Fsp3) is 0.273. The van der Waals surface area contributed by atoms with Crippen molar-refractivity contribution in [3.63, 3.8) is 0 Å². The Kier molecular flexibility index (Phi) is 3.14. The molecule has 0 unspecified atom stereocenters. The van der Waals surface area contributed by atoms with Gasteiger partial charge in [0.2, 0.25) is 0 Å². The predicted octanol–water partition coefficient (Wildman–Crippen LogP) is 1.37. The molecule has 0 fully saturated rings. The van der Waals surface area contributed by atoms with Crippen LogP contribution >= 0.6 is 0 Å². The van der Waals surface area contributed by atoms with Crippen molar-refractivity contribution in [2.24, 2.45) is 0 Å². The van der Waals surface area contributed by atoms with E-state index in [2.05, 4.69) is 0 Å². The van der Waals surface area contributed by atoms with Gasteiger partial charge in [-0.2, -0.15) is 0 Å². The Labute approximate surface area is 82.4 Å². The van der Waals surface area contributed by atoms with Crippen molar-refractivity contribution in [3.05, 3.63) is 34.9 Å². The van der Waals surface area contributed by atoms with Crippen LogP contribution in [-0.2, 0) is 0 Å². The van der Waals surface area contributed by atoms with Crippen molar-refractivity contribution in [2.45, 2.75) is 13.8 Å². The van der Waals surface area contributed by atoms with Crippen molar-refractivity contribution in [3.8, 4) is 0 Å². The van der Waals surface area contributed by atoms with Gasteiger partial charge in [0.15, 0.2) is 11.6 Å². The molecule has 1 rings (SSSR count). The molecule has 0 spiro atoms. The maximum absolute atomic E-state index is 11.2. The molecule has 1 aromatic rings. The first-order valence-corrected chi connectivity index (χ1v) is 4.32. The molecule has 74 valence electrons. The summed E-state index contributed by atoms with van der Waals surface area (Å²) < 4.78 is 0. The maximum atomic E-state index is 11.2. The maximum Gasteiger partial charge on any atom is 0.188 e. The molecule has 0 bridgehead atoms. The lowest BCUT2D eigenvalue weighted by molar-refractivity contribution is 0.0902. The van der Waals surface area contributed by atoms with Crippen LogP contribution in [0.2, 0.25) is 0 Å². The fourth-order valence-electron chi connectivity index (χ4n) is 1.28. The molecule has 0 atom stereocenters. The van der Waals surface area contributed by atoms with E-state index >= 15 is 0 Å².